The van der Waals surface area contributed by atoms with Gasteiger partial charge in [-0.25, -0.2) is 0 Å². The molecule has 0 spiro atoms. The average Bonchev–Trinajstić information content (AvgIpc) is 2.39. The molecule has 0 aromatic carbocycles. The van der Waals surface area contributed by atoms with Crippen LogP contribution in [0.3, 0.4) is 0 Å². The molecule has 0 aliphatic carbocycles. The Morgan fingerprint density at radius 1 is 1.16 bits per heavy atom. The predicted octanol–water partition coefficient (Wildman–Crippen LogP) is 5.28. The highest BCUT2D eigenvalue weighted by atomic mass is 32.1. The molecule has 19 heavy (non-hydrogen) atoms. The van der Waals surface area contributed by atoms with E-state index in [1.54, 1.807) is 0 Å². The molecule has 0 aliphatic heterocycles. The third-order valence-electron chi connectivity index (χ3n) is 3.35. The molecular formula is C16H25O2S+. The Labute approximate surface area is 120 Å². The minimum absolute atomic E-state index is 0.215. The molecule has 0 aliphatic rings. The van der Waals surface area contributed by atoms with Gasteiger partial charge in [0.2, 0.25) is 22.0 Å². The summed E-state index contributed by atoms with van der Waals surface area (Å²) in [5, 5.41) is 9.71. The van der Waals surface area contributed by atoms with E-state index in [0.29, 0.717) is 12.2 Å². The summed E-state index contributed by atoms with van der Waals surface area (Å²) in [6, 6.07) is 1.81. The third-order valence-corrected chi connectivity index (χ3v) is 4.41. The van der Waals surface area contributed by atoms with Gasteiger partial charge >= 0.3 is 0 Å². The van der Waals surface area contributed by atoms with Gasteiger partial charge in [-0.1, -0.05) is 39.0 Å². The summed E-state index contributed by atoms with van der Waals surface area (Å²) in [7, 11) is 0. The molecule has 0 amide bonds. The third kappa shape index (κ3) is 5.27. The molecule has 0 atom stereocenters. The molecular weight excluding hydrogens is 256 g/mol. The fourth-order valence-corrected chi connectivity index (χ4v) is 3.15. The molecule has 0 saturated heterocycles. The quantitative estimate of drug-likeness (QED) is 0.399. The fraction of sp³-hybridized carbons (Fsp3) is 0.625. The number of aromatic hydroxyl groups is 1. The Morgan fingerprint density at radius 3 is 2.42 bits per heavy atom. The first-order valence-electron chi connectivity index (χ1n) is 7.22. The van der Waals surface area contributed by atoms with Gasteiger partial charge in [-0.05, 0) is 13.3 Å². The average molecular weight is 281 g/mol. The number of ketones is 1. The van der Waals surface area contributed by atoms with E-state index in [1.165, 1.54) is 37.0 Å². The number of hydrogen-bond donors (Lipinski definition) is 1. The van der Waals surface area contributed by atoms with Crippen LogP contribution in [0, 0.1) is 13.8 Å². The second-order valence-electron chi connectivity index (χ2n) is 5.14. The Morgan fingerprint density at radius 2 is 1.79 bits per heavy atom. The summed E-state index contributed by atoms with van der Waals surface area (Å²) in [4.78, 5) is 13.7. The van der Waals surface area contributed by atoms with Crippen molar-refractivity contribution in [1.82, 2.24) is 0 Å². The summed E-state index contributed by atoms with van der Waals surface area (Å²) in [6.45, 7) is 5.91. The number of rotatable bonds is 8. The van der Waals surface area contributed by atoms with Crippen LogP contribution in [0.25, 0.3) is 0 Å². The van der Waals surface area contributed by atoms with Crippen molar-refractivity contribution >= 4 is 17.1 Å². The minimum atomic E-state index is 0.215. The smallest absolute Gasteiger partial charge is 0.274 e. The lowest BCUT2D eigenvalue weighted by Crippen LogP contribution is -1.98. The number of carbonyl (C=O) groups is 1. The lowest BCUT2D eigenvalue weighted by molar-refractivity contribution is 0.0983. The molecule has 1 rings (SSSR count). The maximum atomic E-state index is 12.1. The zero-order valence-corrected chi connectivity index (χ0v) is 13.1. The van der Waals surface area contributed by atoms with Gasteiger partial charge in [-0.2, -0.15) is 0 Å². The van der Waals surface area contributed by atoms with Gasteiger partial charge in [0.05, 0.1) is 0 Å². The van der Waals surface area contributed by atoms with Crippen LogP contribution in [0.4, 0.5) is 0 Å². The van der Waals surface area contributed by atoms with Crippen LogP contribution < -0.4 is 0 Å². The lowest BCUT2D eigenvalue weighted by Gasteiger charge is -1.99. The van der Waals surface area contributed by atoms with Gasteiger partial charge in [0.1, 0.15) is 0 Å². The first kappa shape index (κ1) is 16.1. The van der Waals surface area contributed by atoms with Crippen LogP contribution in [0.2, 0.25) is 0 Å². The van der Waals surface area contributed by atoms with E-state index in [4.69, 9.17) is 0 Å². The van der Waals surface area contributed by atoms with Gasteiger partial charge < -0.3 is 5.11 Å². The van der Waals surface area contributed by atoms with Gasteiger partial charge in [0.15, 0.2) is 5.75 Å². The van der Waals surface area contributed by atoms with Gasteiger partial charge in [0, 0.05) is 25.0 Å². The van der Waals surface area contributed by atoms with Crippen molar-refractivity contribution in [2.24, 2.45) is 0 Å². The zero-order valence-electron chi connectivity index (χ0n) is 12.3. The number of aryl methyl sites for hydroxylation is 2. The van der Waals surface area contributed by atoms with Crippen LogP contribution in [0.1, 0.15) is 72.0 Å². The summed E-state index contributed by atoms with van der Waals surface area (Å²) in [6.07, 6.45) is 7.83. The molecule has 1 N–H and O–H groups in total. The molecule has 3 heteroatoms. The number of unbranched alkanes of at least 4 members (excludes halogenated alkanes) is 5. The Balaban J connectivity index is 2.42. The monoisotopic (exact) mass is 281 g/mol. The van der Waals surface area contributed by atoms with Crippen molar-refractivity contribution in [3.63, 3.8) is 0 Å². The van der Waals surface area contributed by atoms with Crippen molar-refractivity contribution in [3.8, 4) is 5.75 Å². The van der Waals surface area contributed by atoms with Gasteiger partial charge in [-0.15, -0.1) is 0 Å². The van der Waals surface area contributed by atoms with E-state index in [1.807, 2.05) is 19.9 Å². The Hall–Kier alpha value is -0.960. The van der Waals surface area contributed by atoms with Gasteiger partial charge in [-0.3, -0.25) is 4.79 Å². The van der Waals surface area contributed by atoms with E-state index < -0.39 is 0 Å². The summed E-state index contributed by atoms with van der Waals surface area (Å²) >= 11 is 1.40. The zero-order chi connectivity index (χ0) is 14.3. The van der Waals surface area contributed by atoms with E-state index in [0.717, 1.165) is 28.2 Å². The van der Waals surface area contributed by atoms with E-state index in [-0.39, 0.29) is 5.78 Å². The topological polar surface area (TPSA) is 37.3 Å². The summed E-state index contributed by atoms with van der Waals surface area (Å²) in [5.74, 6) is 0.535. The molecule has 0 radical (unpaired) electrons. The number of Topliss-reactive ketones (excluding diaryl/α,β-unsaturated/α-hetero) is 1. The van der Waals surface area contributed by atoms with E-state index in [2.05, 4.69) is 6.92 Å². The molecule has 0 fully saturated rings. The van der Waals surface area contributed by atoms with Crippen molar-refractivity contribution in [1.29, 1.82) is 0 Å². The van der Waals surface area contributed by atoms with Crippen LogP contribution in [0.15, 0.2) is 6.07 Å². The van der Waals surface area contributed by atoms with Crippen molar-refractivity contribution in [2.75, 3.05) is 0 Å². The maximum Gasteiger partial charge on any atom is 0.274 e. The summed E-state index contributed by atoms with van der Waals surface area (Å²) < 4.78 is 0. The second-order valence-corrected chi connectivity index (χ2v) is 6.40. The summed E-state index contributed by atoms with van der Waals surface area (Å²) in [5.41, 5.74) is 0.794. The number of carbonyl (C=O) groups excluding carboxylic acids is 1. The van der Waals surface area contributed by atoms with Crippen LogP contribution in [-0.2, 0) is 0 Å². The van der Waals surface area contributed by atoms with Gasteiger partial charge in [0.25, 0.3) is 4.88 Å². The lowest BCUT2D eigenvalue weighted by atomic mass is 10.1. The molecule has 0 saturated carbocycles. The highest BCUT2D eigenvalue weighted by Crippen LogP contribution is 2.28. The Bertz CT molecular complexity index is 404. The van der Waals surface area contributed by atoms with Crippen molar-refractivity contribution in [2.45, 2.75) is 65.7 Å². The maximum absolute atomic E-state index is 12.1. The molecule has 1 aromatic heterocycles. The standard InChI is InChI=1S/C16H24O2S/c1-4-5-6-7-8-9-10-14(17)15-11-12(2)16(18)13(3)19-15/h11H,4-10H2,1-3H3/p+1. The molecule has 0 unspecified atom stereocenters. The predicted molar refractivity (Wildman–Crippen MR) is 82.2 cm³/mol. The first-order valence-corrected chi connectivity index (χ1v) is 8.04. The molecule has 106 valence electrons. The van der Waals surface area contributed by atoms with Crippen LogP contribution in [-0.4, -0.2) is 10.9 Å². The number of hydrogen-bond acceptors (Lipinski definition) is 2. The fourth-order valence-electron chi connectivity index (χ4n) is 2.11. The highest BCUT2D eigenvalue weighted by Gasteiger charge is 2.22. The highest BCUT2D eigenvalue weighted by molar-refractivity contribution is 7.13. The van der Waals surface area contributed by atoms with E-state index in [9.17, 15) is 9.90 Å². The molecule has 2 nitrogen and oxygen atoms in total. The van der Waals surface area contributed by atoms with Crippen LogP contribution >= 0.6 is 11.3 Å². The first-order chi connectivity index (χ1) is 9.06. The Kier molecular flexibility index (Phi) is 7.00. The molecule has 0 bridgehead atoms. The normalized spacial score (nSPS) is 10.7. The molecule has 1 heterocycles. The minimum Gasteiger partial charge on any atom is -0.503 e. The van der Waals surface area contributed by atoms with Crippen molar-refractivity contribution in [3.05, 3.63) is 21.4 Å². The SMILES string of the molecule is CCCCCCCCC(=O)c1cc(C)c(O)c(C)[s+]1. The van der Waals surface area contributed by atoms with Crippen molar-refractivity contribution < 1.29 is 9.90 Å². The van der Waals surface area contributed by atoms with Crippen LogP contribution in [0.5, 0.6) is 5.75 Å². The molecule has 1 aromatic rings. The largest absolute Gasteiger partial charge is 0.503 e. The van der Waals surface area contributed by atoms with E-state index >= 15 is 0 Å². The second kappa shape index (κ2) is 8.26.